The van der Waals surface area contributed by atoms with Gasteiger partial charge in [0.15, 0.2) is 0 Å². The molecule has 0 aromatic heterocycles. The third kappa shape index (κ3) is 4.12. The first-order valence-electron chi connectivity index (χ1n) is 4.99. The number of halogens is 1. The van der Waals surface area contributed by atoms with Gasteiger partial charge in [0, 0.05) is 17.3 Å². The Morgan fingerprint density at radius 3 is 2.56 bits per heavy atom. The number of rotatable bonds is 4. The minimum atomic E-state index is -2.95. The molecule has 0 radical (unpaired) electrons. The van der Waals surface area contributed by atoms with Crippen molar-refractivity contribution in [1.29, 1.82) is 0 Å². The largest absolute Gasteiger partial charge is 0.324 e. The van der Waals surface area contributed by atoms with Crippen LogP contribution in [-0.2, 0) is 9.84 Å². The fourth-order valence-electron chi connectivity index (χ4n) is 1.41. The maximum absolute atomic E-state index is 11.0. The summed E-state index contributed by atoms with van der Waals surface area (Å²) in [6.45, 7) is 1.90. The van der Waals surface area contributed by atoms with Crippen molar-refractivity contribution in [3.63, 3.8) is 0 Å². The van der Waals surface area contributed by atoms with E-state index in [1.165, 1.54) is 6.26 Å². The Labute approximate surface area is 102 Å². The van der Waals surface area contributed by atoms with E-state index >= 15 is 0 Å². The van der Waals surface area contributed by atoms with Crippen LogP contribution < -0.4 is 5.73 Å². The van der Waals surface area contributed by atoms with Crippen molar-refractivity contribution in [3.8, 4) is 0 Å². The molecule has 1 aromatic rings. The summed E-state index contributed by atoms with van der Waals surface area (Å²) in [5.41, 5.74) is 7.79. The maximum atomic E-state index is 11.0. The second-order valence-corrected chi connectivity index (χ2v) is 6.70. The Morgan fingerprint density at radius 2 is 2.06 bits per heavy atom. The number of hydrogen-bond acceptors (Lipinski definition) is 3. The smallest absolute Gasteiger partial charge is 0.147 e. The molecule has 1 atom stereocenters. The number of benzene rings is 1. The van der Waals surface area contributed by atoms with Crippen LogP contribution in [0.15, 0.2) is 18.2 Å². The van der Waals surface area contributed by atoms with Gasteiger partial charge >= 0.3 is 0 Å². The molecule has 3 nitrogen and oxygen atoms in total. The number of sulfone groups is 1. The lowest BCUT2D eigenvalue weighted by molar-refractivity contribution is 0.591. The molecule has 0 aliphatic heterocycles. The van der Waals surface area contributed by atoms with Gasteiger partial charge in [0.1, 0.15) is 9.84 Å². The van der Waals surface area contributed by atoms with E-state index in [2.05, 4.69) is 0 Å². The summed E-state index contributed by atoms with van der Waals surface area (Å²) in [5.74, 6) is 0.107. The van der Waals surface area contributed by atoms with Crippen LogP contribution in [0.4, 0.5) is 0 Å². The Kier molecular flexibility index (Phi) is 4.35. The highest BCUT2D eigenvalue weighted by molar-refractivity contribution is 7.90. The summed E-state index contributed by atoms with van der Waals surface area (Å²) in [6.07, 6.45) is 1.65. The Balaban J connectivity index is 2.73. The molecular weight excluding hydrogens is 246 g/mol. The zero-order valence-electron chi connectivity index (χ0n) is 9.40. The second kappa shape index (κ2) is 5.17. The van der Waals surface area contributed by atoms with Crippen molar-refractivity contribution >= 4 is 21.4 Å². The molecule has 1 rings (SSSR count). The highest BCUT2D eigenvalue weighted by atomic mass is 35.5. The third-order valence-corrected chi connectivity index (χ3v) is 3.81. The number of nitrogens with two attached hydrogens (primary N) is 1. The zero-order chi connectivity index (χ0) is 12.3. The molecule has 0 amide bonds. The minimum Gasteiger partial charge on any atom is -0.324 e. The molecule has 0 aliphatic rings. The number of aryl methyl sites for hydroxylation is 1. The van der Waals surface area contributed by atoms with Crippen LogP contribution in [0.1, 0.15) is 23.6 Å². The Morgan fingerprint density at radius 1 is 1.44 bits per heavy atom. The van der Waals surface area contributed by atoms with Gasteiger partial charge in [-0.25, -0.2) is 8.42 Å². The fraction of sp³-hybridized carbons (Fsp3) is 0.455. The molecule has 5 heteroatoms. The van der Waals surface area contributed by atoms with Gasteiger partial charge in [-0.15, -0.1) is 0 Å². The summed E-state index contributed by atoms with van der Waals surface area (Å²) in [4.78, 5) is 0. The second-order valence-electron chi connectivity index (χ2n) is 4.03. The quantitative estimate of drug-likeness (QED) is 0.903. The van der Waals surface area contributed by atoms with Crippen LogP contribution >= 0.6 is 11.6 Å². The minimum absolute atomic E-state index is 0.107. The van der Waals surface area contributed by atoms with Gasteiger partial charge < -0.3 is 5.73 Å². The molecule has 0 heterocycles. The molecule has 1 unspecified atom stereocenters. The van der Waals surface area contributed by atoms with Crippen LogP contribution in [0.5, 0.6) is 0 Å². The molecule has 0 saturated heterocycles. The predicted octanol–water partition coefficient (Wildman–Crippen LogP) is 2.08. The van der Waals surface area contributed by atoms with Crippen molar-refractivity contribution in [2.24, 2.45) is 5.73 Å². The molecule has 0 fully saturated rings. The predicted molar refractivity (Wildman–Crippen MR) is 67.4 cm³/mol. The average molecular weight is 262 g/mol. The fourth-order valence-corrected chi connectivity index (χ4v) is 2.21. The lowest BCUT2D eigenvalue weighted by atomic mass is 10.0. The van der Waals surface area contributed by atoms with Crippen LogP contribution in [-0.4, -0.2) is 20.4 Å². The normalized spacial score (nSPS) is 13.8. The topological polar surface area (TPSA) is 60.2 Å². The van der Waals surface area contributed by atoms with Crippen LogP contribution in [0.3, 0.4) is 0 Å². The van der Waals surface area contributed by atoms with E-state index in [0.29, 0.717) is 11.4 Å². The van der Waals surface area contributed by atoms with Crippen LogP contribution in [0, 0.1) is 6.92 Å². The van der Waals surface area contributed by atoms with Gasteiger partial charge in [0.05, 0.1) is 5.75 Å². The van der Waals surface area contributed by atoms with Gasteiger partial charge in [0.25, 0.3) is 0 Å². The molecule has 0 saturated carbocycles. The first-order chi connectivity index (χ1) is 7.29. The van der Waals surface area contributed by atoms with Crippen molar-refractivity contribution in [3.05, 3.63) is 34.3 Å². The molecule has 2 N–H and O–H groups in total. The van der Waals surface area contributed by atoms with Gasteiger partial charge in [-0.3, -0.25) is 0 Å². The Bertz CT molecular complexity index is 471. The standard InChI is InChI=1S/C11H16ClNO2S/c1-8-7-9(3-4-10(8)12)11(13)5-6-16(2,14)15/h3-4,7,11H,5-6,13H2,1-2H3. The highest BCUT2D eigenvalue weighted by Gasteiger charge is 2.10. The van der Waals surface area contributed by atoms with E-state index in [-0.39, 0.29) is 11.8 Å². The first-order valence-corrected chi connectivity index (χ1v) is 7.43. The highest BCUT2D eigenvalue weighted by Crippen LogP contribution is 2.21. The molecular formula is C11H16ClNO2S. The van der Waals surface area contributed by atoms with E-state index in [9.17, 15) is 8.42 Å². The lowest BCUT2D eigenvalue weighted by Crippen LogP contribution is -2.15. The van der Waals surface area contributed by atoms with Crippen molar-refractivity contribution in [1.82, 2.24) is 0 Å². The summed E-state index contributed by atoms with van der Waals surface area (Å²) in [6, 6.07) is 5.26. The monoisotopic (exact) mass is 261 g/mol. The summed E-state index contributed by atoms with van der Waals surface area (Å²) >= 11 is 5.90. The molecule has 1 aromatic carbocycles. The lowest BCUT2D eigenvalue weighted by Gasteiger charge is -2.12. The van der Waals surface area contributed by atoms with Gasteiger partial charge in [-0.2, -0.15) is 0 Å². The molecule has 0 aliphatic carbocycles. The van der Waals surface area contributed by atoms with E-state index in [4.69, 9.17) is 17.3 Å². The van der Waals surface area contributed by atoms with Crippen LogP contribution in [0.2, 0.25) is 5.02 Å². The van der Waals surface area contributed by atoms with Gasteiger partial charge in [0.2, 0.25) is 0 Å². The maximum Gasteiger partial charge on any atom is 0.147 e. The van der Waals surface area contributed by atoms with E-state index in [0.717, 1.165) is 11.1 Å². The first kappa shape index (κ1) is 13.5. The van der Waals surface area contributed by atoms with Crippen molar-refractivity contribution in [2.45, 2.75) is 19.4 Å². The summed E-state index contributed by atoms with van der Waals surface area (Å²) < 4.78 is 22.0. The summed E-state index contributed by atoms with van der Waals surface area (Å²) in [5, 5.41) is 0.694. The van der Waals surface area contributed by atoms with Crippen molar-refractivity contribution < 1.29 is 8.42 Å². The molecule has 0 bridgehead atoms. The van der Waals surface area contributed by atoms with Crippen LogP contribution in [0.25, 0.3) is 0 Å². The molecule has 90 valence electrons. The molecule has 0 spiro atoms. The number of hydrogen-bond donors (Lipinski definition) is 1. The van der Waals surface area contributed by atoms with E-state index in [1.54, 1.807) is 6.07 Å². The van der Waals surface area contributed by atoms with Crippen molar-refractivity contribution in [2.75, 3.05) is 12.0 Å². The zero-order valence-corrected chi connectivity index (χ0v) is 11.0. The Hall–Kier alpha value is -0.580. The van der Waals surface area contributed by atoms with E-state index in [1.807, 2.05) is 19.1 Å². The SMILES string of the molecule is Cc1cc(C(N)CCS(C)(=O)=O)ccc1Cl. The van der Waals surface area contributed by atoms with Gasteiger partial charge in [-0.05, 0) is 30.5 Å². The molecule has 16 heavy (non-hydrogen) atoms. The third-order valence-electron chi connectivity index (χ3n) is 2.41. The average Bonchev–Trinajstić information content (AvgIpc) is 2.17. The summed E-state index contributed by atoms with van der Waals surface area (Å²) in [7, 11) is -2.95. The van der Waals surface area contributed by atoms with E-state index < -0.39 is 9.84 Å². The van der Waals surface area contributed by atoms with Gasteiger partial charge in [-0.1, -0.05) is 23.7 Å².